The third kappa shape index (κ3) is 10.5. The molecule has 5 nitrogen and oxygen atoms in total. The fourth-order valence-corrected chi connectivity index (χ4v) is 0.883. The molecule has 0 amide bonds. The number of carboxylic acids is 1. The molecule has 84 valence electrons. The van der Waals surface area contributed by atoms with Crippen LogP contribution in [0.4, 0.5) is 4.39 Å². The van der Waals surface area contributed by atoms with E-state index in [-0.39, 0.29) is 5.82 Å². The lowest BCUT2D eigenvalue weighted by Crippen LogP contribution is -2.13. The van der Waals surface area contributed by atoms with Crippen molar-refractivity contribution in [1.82, 2.24) is 0 Å². The number of aliphatic carboxylic acids is 1. The van der Waals surface area contributed by atoms with Gasteiger partial charge in [-0.1, -0.05) is 18.2 Å². The van der Waals surface area contributed by atoms with Gasteiger partial charge in [0.15, 0.2) is 5.75 Å². The number of rotatable bonds is 2. The standard InChI is InChI=1S/C6H5F.C2H4O5S/c7-6-4-2-1-3-5-6;3-2(4)1-8(5,6)7/h1-5H;1H2,(H,3,4)(H,5,6,7). The maximum absolute atomic E-state index is 11.9. The predicted octanol–water partition coefficient (Wildman–Crippen LogP) is 0.784. The Hall–Kier alpha value is -1.47. The van der Waals surface area contributed by atoms with E-state index >= 15 is 0 Å². The van der Waals surface area contributed by atoms with Gasteiger partial charge in [-0.25, -0.2) is 4.39 Å². The lowest BCUT2D eigenvalue weighted by molar-refractivity contribution is -0.134. The number of benzene rings is 1. The Morgan fingerprint density at radius 1 is 1.27 bits per heavy atom. The Morgan fingerprint density at radius 3 is 1.87 bits per heavy atom. The van der Waals surface area contributed by atoms with Crippen molar-refractivity contribution < 1.29 is 27.3 Å². The van der Waals surface area contributed by atoms with Crippen molar-refractivity contribution in [2.24, 2.45) is 0 Å². The molecule has 0 aliphatic rings. The fourth-order valence-electron chi connectivity index (χ4n) is 0.571. The first kappa shape index (κ1) is 13.5. The molecule has 0 spiro atoms. The molecule has 1 aromatic rings. The average molecular weight is 236 g/mol. The maximum atomic E-state index is 11.9. The van der Waals surface area contributed by atoms with Crippen molar-refractivity contribution in [3.8, 4) is 0 Å². The highest BCUT2D eigenvalue weighted by molar-refractivity contribution is 7.86. The molecule has 2 N–H and O–H groups in total. The summed E-state index contributed by atoms with van der Waals surface area (Å²) in [5.41, 5.74) is 0. The first-order chi connectivity index (χ1) is 6.81. The molecule has 0 atom stereocenters. The molecule has 0 aromatic heterocycles. The zero-order valence-electron chi connectivity index (χ0n) is 7.50. The van der Waals surface area contributed by atoms with Gasteiger partial charge in [0.1, 0.15) is 5.82 Å². The molecule has 1 aromatic carbocycles. The molecular formula is C8H9FO5S. The van der Waals surface area contributed by atoms with Crippen LogP contribution in [-0.2, 0) is 14.9 Å². The summed E-state index contributed by atoms with van der Waals surface area (Å²) in [5, 5.41) is 7.71. The minimum Gasteiger partial charge on any atom is -0.480 e. The van der Waals surface area contributed by atoms with Gasteiger partial charge >= 0.3 is 5.97 Å². The zero-order chi connectivity index (χ0) is 11.9. The molecule has 0 aliphatic heterocycles. The van der Waals surface area contributed by atoms with Crippen LogP contribution in [0.3, 0.4) is 0 Å². The highest BCUT2D eigenvalue weighted by atomic mass is 32.2. The van der Waals surface area contributed by atoms with Gasteiger partial charge in [0.05, 0.1) is 0 Å². The molecule has 0 aliphatic carbocycles. The van der Waals surface area contributed by atoms with E-state index in [1.54, 1.807) is 18.2 Å². The summed E-state index contributed by atoms with van der Waals surface area (Å²) in [5.74, 6) is -2.97. The summed E-state index contributed by atoms with van der Waals surface area (Å²) in [6.45, 7) is 0. The second-order valence-corrected chi connectivity index (χ2v) is 3.87. The van der Waals surface area contributed by atoms with E-state index in [4.69, 9.17) is 9.66 Å². The molecule has 0 heterocycles. The Kier molecular flexibility index (Phi) is 5.50. The van der Waals surface area contributed by atoms with E-state index in [1.165, 1.54) is 12.1 Å². The Balaban J connectivity index is 0.000000262. The van der Waals surface area contributed by atoms with Crippen LogP contribution in [-0.4, -0.2) is 29.8 Å². The van der Waals surface area contributed by atoms with Crippen molar-refractivity contribution >= 4 is 16.1 Å². The molecule has 0 unspecified atom stereocenters. The average Bonchev–Trinajstić information content (AvgIpc) is 2.01. The van der Waals surface area contributed by atoms with Gasteiger partial charge < -0.3 is 5.11 Å². The summed E-state index contributed by atoms with van der Waals surface area (Å²) < 4.78 is 38.9. The summed E-state index contributed by atoms with van der Waals surface area (Å²) in [4.78, 5) is 9.48. The van der Waals surface area contributed by atoms with E-state index < -0.39 is 21.8 Å². The first-order valence-electron chi connectivity index (χ1n) is 3.69. The van der Waals surface area contributed by atoms with Crippen LogP contribution < -0.4 is 0 Å². The van der Waals surface area contributed by atoms with Crippen molar-refractivity contribution in [2.45, 2.75) is 0 Å². The Morgan fingerprint density at radius 2 is 1.73 bits per heavy atom. The van der Waals surface area contributed by atoms with E-state index in [0.717, 1.165) is 0 Å². The largest absolute Gasteiger partial charge is 0.480 e. The summed E-state index contributed by atoms with van der Waals surface area (Å²) in [6, 6.07) is 7.94. The van der Waals surface area contributed by atoms with Crippen LogP contribution in [0.5, 0.6) is 0 Å². The lowest BCUT2D eigenvalue weighted by atomic mass is 10.4. The molecule has 0 saturated heterocycles. The van der Waals surface area contributed by atoms with Gasteiger partial charge in [0.25, 0.3) is 10.1 Å². The third-order valence-electron chi connectivity index (χ3n) is 1.04. The molecule has 0 saturated carbocycles. The Labute approximate surface area is 85.9 Å². The fraction of sp³-hybridized carbons (Fsp3) is 0.125. The first-order valence-corrected chi connectivity index (χ1v) is 5.29. The van der Waals surface area contributed by atoms with E-state index in [9.17, 15) is 17.6 Å². The van der Waals surface area contributed by atoms with Crippen LogP contribution in [0.2, 0.25) is 0 Å². The third-order valence-corrected chi connectivity index (χ3v) is 1.65. The SMILES string of the molecule is Fc1ccccc1.O=C(O)CS(=O)(=O)O. The summed E-state index contributed by atoms with van der Waals surface area (Å²) in [7, 11) is -4.32. The minimum atomic E-state index is -4.32. The van der Waals surface area contributed by atoms with Crippen molar-refractivity contribution in [3.05, 3.63) is 36.1 Å². The van der Waals surface area contributed by atoms with Gasteiger partial charge in [0, 0.05) is 0 Å². The minimum absolute atomic E-state index is 0.178. The van der Waals surface area contributed by atoms with Crippen molar-refractivity contribution in [1.29, 1.82) is 0 Å². The van der Waals surface area contributed by atoms with Crippen LogP contribution in [0.1, 0.15) is 0 Å². The second kappa shape index (κ2) is 6.10. The second-order valence-electron chi connectivity index (χ2n) is 2.42. The molecule has 0 fully saturated rings. The number of carbonyl (C=O) groups is 1. The van der Waals surface area contributed by atoms with Gasteiger partial charge in [0.2, 0.25) is 0 Å². The monoisotopic (exact) mass is 236 g/mol. The Bertz CT molecular complexity index is 400. The molecule has 7 heteroatoms. The quantitative estimate of drug-likeness (QED) is 0.740. The summed E-state index contributed by atoms with van der Waals surface area (Å²) in [6.07, 6.45) is 0. The van der Waals surface area contributed by atoms with Crippen LogP contribution in [0.25, 0.3) is 0 Å². The number of hydrogen-bond donors (Lipinski definition) is 2. The maximum Gasteiger partial charge on any atom is 0.321 e. The van der Waals surface area contributed by atoms with Gasteiger partial charge in [-0.15, -0.1) is 0 Å². The molecule has 0 bridgehead atoms. The number of hydrogen-bond acceptors (Lipinski definition) is 3. The molecule has 15 heavy (non-hydrogen) atoms. The smallest absolute Gasteiger partial charge is 0.321 e. The predicted molar refractivity (Wildman–Crippen MR) is 50.5 cm³/mol. The van der Waals surface area contributed by atoms with Crippen LogP contribution in [0.15, 0.2) is 30.3 Å². The molecule has 0 radical (unpaired) electrons. The summed E-state index contributed by atoms with van der Waals surface area (Å²) >= 11 is 0. The normalized spacial score (nSPS) is 10.0. The molecular weight excluding hydrogens is 227 g/mol. The van der Waals surface area contributed by atoms with Gasteiger partial charge in [-0.3, -0.25) is 9.35 Å². The number of carboxylic acid groups (broad SMARTS) is 1. The zero-order valence-corrected chi connectivity index (χ0v) is 8.32. The number of halogens is 1. The van der Waals surface area contributed by atoms with Crippen LogP contribution >= 0.6 is 0 Å². The molecule has 1 rings (SSSR count). The van der Waals surface area contributed by atoms with Gasteiger partial charge in [-0.2, -0.15) is 8.42 Å². The van der Waals surface area contributed by atoms with E-state index in [0.29, 0.717) is 0 Å². The topological polar surface area (TPSA) is 91.7 Å². The van der Waals surface area contributed by atoms with Crippen molar-refractivity contribution in [3.63, 3.8) is 0 Å². The highest BCUT2D eigenvalue weighted by Crippen LogP contribution is 1.91. The highest BCUT2D eigenvalue weighted by Gasteiger charge is 2.09. The van der Waals surface area contributed by atoms with Crippen molar-refractivity contribution in [2.75, 3.05) is 5.75 Å². The van der Waals surface area contributed by atoms with Crippen LogP contribution in [0, 0.1) is 5.82 Å². The van der Waals surface area contributed by atoms with E-state index in [2.05, 4.69) is 0 Å². The lowest BCUT2D eigenvalue weighted by Gasteiger charge is -1.85. The van der Waals surface area contributed by atoms with Gasteiger partial charge in [-0.05, 0) is 12.1 Å². The van der Waals surface area contributed by atoms with E-state index in [1.807, 2.05) is 0 Å².